The van der Waals surface area contributed by atoms with E-state index in [4.69, 9.17) is 62.1 Å². The van der Waals surface area contributed by atoms with Gasteiger partial charge in [-0.3, -0.25) is 9.97 Å². The van der Waals surface area contributed by atoms with E-state index < -0.39 is 11.9 Å². The van der Waals surface area contributed by atoms with E-state index in [9.17, 15) is 9.59 Å². The number of nitrogens with two attached hydrogens (primary N) is 1. The van der Waals surface area contributed by atoms with E-state index in [2.05, 4.69) is 9.97 Å². The fourth-order valence-corrected chi connectivity index (χ4v) is 4.70. The van der Waals surface area contributed by atoms with Crippen LogP contribution in [0, 0.1) is 0 Å². The maximum atomic E-state index is 12.2. The highest BCUT2D eigenvalue weighted by Crippen LogP contribution is 2.35. The number of hydrogen-bond acceptors (Lipinski definition) is 12. The summed E-state index contributed by atoms with van der Waals surface area (Å²) in [6.45, 7) is 1.41. The van der Waals surface area contributed by atoms with Crippen LogP contribution < -0.4 is 19.9 Å². The molecular formula is C34H33Cl2N3O9. The van der Waals surface area contributed by atoms with Crippen molar-refractivity contribution in [3.63, 3.8) is 0 Å². The van der Waals surface area contributed by atoms with Crippen molar-refractivity contribution in [3.05, 3.63) is 88.2 Å². The van der Waals surface area contributed by atoms with Crippen molar-refractivity contribution in [3.8, 4) is 23.0 Å². The highest BCUT2D eigenvalue weighted by Gasteiger charge is 2.18. The molecule has 48 heavy (non-hydrogen) atoms. The molecule has 0 spiro atoms. The van der Waals surface area contributed by atoms with Crippen LogP contribution in [-0.2, 0) is 18.9 Å². The fourth-order valence-electron chi connectivity index (χ4n) is 4.32. The molecule has 0 aliphatic heterocycles. The van der Waals surface area contributed by atoms with Crippen LogP contribution in [0.25, 0.3) is 21.8 Å². The van der Waals surface area contributed by atoms with Gasteiger partial charge >= 0.3 is 11.9 Å². The summed E-state index contributed by atoms with van der Waals surface area (Å²) in [5.74, 6) is 0.748. The number of halogens is 2. The highest BCUT2D eigenvalue weighted by molar-refractivity contribution is 6.35. The molecule has 2 heterocycles. The zero-order valence-corrected chi connectivity index (χ0v) is 28.1. The van der Waals surface area contributed by atoms with Gasteiger partial charge in [-0.1, -0.05) is 23.2 Å². The number of aromatic nitrogens is 2. The minimum Gasteiger partial charge on any atom is -0.490 e. The third-order valence-electron chi connectivity index (χ3n) is 6.69. The lowest BCUT2D eigenvalue weighted by Crippen LogP contribution is -2.10. The zero-order chi connectivity index (χ0) is 34.6. The highest BCUT2D eigenvalue weighted by atomic mass is 35.5. The van der Waals surface area contributed by atoms with E-state index in [1.165, 1.54) is 14.2 Å². The summed E-state index contributed by atoms with van der Waals surface area (Å²) in [4.78, 5) is 32.6. The summed E-state index contributed by atoms with van der Waals surface area (Å²) in [6, 6.07) is 14.9. The minimum absolute atomic E-state index is 0.263. The second kappa shape index (κ2) is 17.3. The number of anilines is 1. The molecule has 0 aliphatic carbocycles. The summed E-state index contributed by atoms with van der Waals surface area (Å²) in [5.41, 5.74) is 8.02. The van der Waals surface area contributed by atoms with Gasteiger partial charge in [0, 0.05) is 55.6 Å². The normalized spacial score (nSPS) is 10.6. The number of pyridine rings is 2. The molecule has 14 heteroatoms. The van der Waals surface area contributed by atoms with Crippen LogP contribution in [0.4, 0.5) is 5.69 Å². The van der Waals surface area contributed by atoms with Crippen LogP contribution in [0.5, 0.6) is 23.0 Å². The molecule has 0 amide bonds. The Balaban J connectivity index is 0.000000229. The average Bonchev–Trinajstić information content (AvgIpc) is 3.09. The Bertz CT molecular complexity index is 1910. The zero-order valence-electron chi connectivity index (χ0n) is 26.6. The summed E-state index contributed by atoms with van der Waals surface area (Å²) in [5, 5.41) is 2.20. The molecule has 3 aromatic carbocycles. The number of ether oxygens (including phenoxy) is 7. The van der Waals surface area contributed by atoms with E-state index >= 15 is 0 Å². The number of fused-ring (bicyclic) bond motifs is 2. The monoisotopic (exact) mass is 697 g/mol. The van der Waals surface area contributed by atoms with Gasteiger partial charge in [-0.25, -0.2) is 9.59 Å². The molecule has 0 saturated carbocycles. The van der Waals surface area contributed by atoms with Crippen molar-refractivity contribution in [2.24, 2.45) is 0 Å². The van der Waals surface area contributed by atoms with E-state index in [0.29, 0.717) is 85.9 Å². The quantitative estimate of drug-likeness (QED) is 0.0832. The van der Waals surface area contributed by atoms with Gasteiger partial charge in [0.25, 0.3) is 0 Å². The molecule has 2 N–H and O–H groups in total. The number of carbonyl (C=O) groups excluding carboxylic acids is 2. The summed E-state index contributed by atoms with van der Waals surface area (Å²) < 4.78 is 36.7. The van der Waals surface area contributed by atoms with Crippen molar-refractivity contribution in [2.75, 3.05) is 60.6 Å². The molecule has 0 radical (unpaired) electrons. The number of nitrogens with zero attached hydrogens (tertiary/aromatic N) is 2. The molecule has 0 atom stereocenters. The largest absolute Gasteiger partial charge is 0.490 e. The van der Waals surface area contributed by atoms with Crippen LogP contribution in [0.1, 0.15) is 20.7 Å². The lowest BCUT2D eigenvalue weighted by atomic mass is 10.1. The Kier molecular flexibility index (Phi) is 13.0. The maximum Gasteiger partial charge on any atom is 0.341 e. The maximum absolute atomic E-state index is 12.2. The molecule has 0 bridgehead atoms. The Labute approximate surface area is 286 Å². The molecule has 0 saturated heterocycles. The van der Waals surface area contributed by atoms with Crippen LogP contribution in [0.2, 0.25) is 10.0 Å². The van der Waals surface area contributed by atoms with Crippen LogP contribution in [0.15, 0.2) is 67.0 Å². The number of hydrogen-bond donors (Lipinski definition) is 1. The first kappa shape index (κ1) is 36.0. The SMILES string of the molecule is COCCOc1cc2nccc(Cl)c2cc1C(=O)OC.COCCOc1cc2nccc(Oc3ccc(N)c(Cl)c3)c2cc1C(=O)OC. The van der Waals surface area contributed by atoms with Gasteiger partial charge in [0.1, 0.15) is 47.3 Å². The van der Waals surface area contributed by atoms with Crippen LogP contribution in [0.3, 0.4) is 0 Å². The number of rotatable bonds is 12. The standard InChI is InChI=1S/C20H19ClN2O5.C14H14ClNO4/c1-25-7-8-27-19-11-17-13(10-14(19)20(24)26-2)18(5-6-23-17)28-12-3-4-16(22)15(21)9-12;1-18-5-6-20-13-8-12-9(11(15)3-4-16-12)7-10(13)14(17)19-2/h3-6,9-11H,7-8,22H2,1-2H3;3-4,7-8H,5-6H2,1-2H3. The molecule has 252 valence electrons. The van der Waals surface area contributed by atoms with E-state index in [1.807, 2.05) is 0 Å². The summed E-state index contributed by atoms with van der Waals surface area (Å²) in [7, 11) is 5.77. The number of nitrogen functional groups attached to an aromatic ring is 1. The first-order chi connectivity index (χ1) is 23.2. The first-order valence-corrected chi connectivity index (χ1v) is 15.1. The van der Waals surface area contributed by atoms with Gasteiger partial charge in [0.15, 0.2) is 0 Å². The van der Waals surface area contributed by atoms with E-state index in [-0.39, 0.29) is 12.2 Å². The van der Waals surface area contributed by atoms with Gasteiger partial charge in [0.2, 0.25) is 0 Å². The lowest BCUT2D eigenvalue weighted by Gasteiger charge is -2.14. The Morgan fingerprint density at radius 3 is 1.73 bits per heavy atom. The van der Waals surface area contributed by atoms with Crippen molar-refractivity contribution in [1.29, 1.82) is 0 Å². The second-order valence-corrected chi connectivity index (χ2v) is 10.6. The van der Waals surface area contributed by atoms with Crippen LogP contribution in [-0.4, -0.2) is 76.8 Å². The van der Waals surface area contributed by atoms with Crippen molar-refractivity contribution < 1.29 is 42.7 Å². The minimum atomic E-state index is -0.528. The van der Waals surface area contributed by atoms with E-state index in [0.717, 1.165) is 0 Å². The third-order valence-corrected chi connectivity index (χ3v) is 7.35. The molecule has 5 aromatic rings. The first-order valence-electron chi connectivity index (χ1n) is 14.3. The average molecular weight is 699 g/mol. The Hall–Kier alpha value is -4.88. The summed E-state index contributed by atoms with van der Waals surface area (Å²) >= 11 is 12.2. The number of benzene rings is 3. The predicted octanol–water partition coefficient (Wildman–Crippen LogP) is 6.77. The van der Waals surface area contributed by atoms with Gasteiger partial charge in [-0.15, -0.1) is 0 Å². The van der Waals surface area contributed by atoms with Crippen molar-refractivity contribution in [2.45, 2.75) is 0 Å². The van der Waals surface area contributed by atoms with Gasteiger partial charge in [-0.05, 0) is 36.4 Å². The van der Waals surface area contributed by atoms with Crippen LogP contribution >= 0.6 is 23.2 Å². The third kappa shape index (κ3) is 8.92. The molecule has 0 aliphatic rings. The number of carbonyl (C=O) groups is 2. The topological polar surface area (TPSA) is 151 Å². The molecule has 12 nitrogen and oxygen atoms in total. The number of esters is 2. The molecule has 0 fully saturated rings. The molecular weight excluding hydrogens is 665 g/mol. The summed E-state index contributed by atoms with van der Waals surface area (Å²) in [6.07, 6.45) is 3.20. The molecule has 2 aromatic heterocycles. The lowest BCUT2D eigenvalue weighted by molar-refractivity contribution is 0.0585. The Morgan fingerprint density at radius 1 is 0.646 bits per heavy atom. The van der Waals surface area contributed by atoms with Crippen molar-refractivity contribution in [1.82, 2.24) is 9.97 Å². The van der Waals surface area contributed by atoms with Gasteiger partial charge < -0.3 is 38.9 Å². The molecule has 5 rings (SSSR count). The molecule has 0 unspecified atom stereocenters. The number of methoxy groups -OCH3 is 4. The van der Waals surface area contributed by atoms with Crippen molar-refractivity contribution >= 4 is 62.6 Å². The van der Waals surface area contributed by atoms with Gasteiger partial charge in [-0.2, -0.15) is 0 Å². The van der Waals surface area contributed by atoms with Gasteiger partial charge in [0.05, 0.1) is 54.2 Å². The Morgan fingerprint density at radius 2 is 1.19 bits per heavy atom. The predicted molar refractivity (Wildman–Crippen MR) is 182 cm³/mol. The smallest absolute Gasteiger partial charge is 0.341 e. The van der Waals surface area contributed by atoms with E-state index in [1.54, 1.807) is 81.2 Å². The second-order valence-electron chi connectivity index (χ2n) is 9.78. The fraction of sp³-hybridized carbons (Fsp3) is 0.235.